The molecule has 0 aliphatic carbocycles. The van der Waals surface area contributed by atoms with E-state index in [2.05, 4.69) is 122 Å². The van der Waals surface area contributed by atoms with Crippen LogP contribution in [0.1, 0.15) is 72.4 Å². The predicted octanol–water partition coefficient (Wildman–Crippen LogP) is 8.86. The van der Waals surface area contributed by atoms with Crippen molar-refractivity contribution < 1.29 is 19.3 Å². The average Bonchev–Trinajstić information content (AvgIpc) is 3.43. The number of allylic oxidation sites excluding steroid dienone is 8. The van der Waals surface area contributed by atoms with Crippen LogP contribution in [0.4, 0.5) is 11.4 Å². The van der Waals surface area contributed by atoms with Crippen molar-refractivity contribution in [1.29, 1.82) is 0 Å². The molecule has 50 heavy (non-hydrogen) atoms. The molecule has 4 aromatic rings. The minimum absolute atomic E-state index is 0.0513. The van der Waals surface area contributed by atoms with Gasteiger partial charge in [-0.15, -0.1) is 0 Å². The maximum atomic E-state index is 13.0. The van der Waals surface area contributed by atoms with E-state index in [0.29, 0.717) is 19.5 Å². The number of fused-ring (bicyclic) bond motifs is 6. The van der Waals surface area contributed by atoms with Crippen LogP contribution in [-0.4, -0.2) is 35.1 Å². The van der Waals surface area contributed by atoms with Crippen molar-refractivity contribution in [1.82, 2.24) is 0 Å². The fourth-order valence-corrected chi connectivity index (χ4v) is 7.83. The molecule has 0 saturated heterocycles. The Morgan fingerprint density at radius 2 is 1.34 bits per heavy atom. The van der Waals surface area contributed by atoms with Gasteiger partial charge in [-0.2, -0.15) is 4.58 Å². The van der Waals surface area contributed by atoms with Gasteiger partial charge in [0.25, 0.3) is 0 Å². The van der Waals surface area contributed by atoms with Crippen molar-refractivity contribution in [2.75, 3.05) is 18.0 Å². The highest BCUT2D eigenvalue weighted by atomic mass is 16.4. The second kappa shape index (κ2) is 13.4. The first-order chi connectivity index (χ1) is 23.7. The summed E-state index contributed by atoms with van der Waals surface area (Å²) in [6.45, 7) is 15.9. The van der Waals surface area contributed by atoms with Crippen LogP contribution in [0, 0.1) is 5.41 Å². The molecular formula is C45H48N2O3. The Morgan fingerprint density at radius 1 is 0.740 bits per heavy atom. The Bertz CT molecular complexity index is 2150. The predicted molar refractivity (Wildman–Crippen MR) is 205 cm³/mol. The lowest BCUT2D eigenvalue weighted by Gasteiger charge is -2.28. The van der Waals surface area contributed by atoms with Crippen LogP contribution in [0.3, 0.4) is 0 Å². The summed E-state index contributed by atoms with van der Waals surface area (Å²) < 4.78 is 2.13. The molecule has 2 aliphatic rings. The smallest absolute Gasteiger partial charge is 0.210 e. The molecule has 0 atom stereocenters. The molecule has 0 spiro atoms. The van der Waals surface area contributed by atoms with Gasteiger partial charge in [0.2, 0.25) is 5.69 Å². The van der Waals surface area contributed by atoms with Crippen molar-refractivity contribution >= 4 is 50.4 Å². The van der Waals surface area contributed by atoms with Gasteiger partial charge < -0.3 is 14.8 Å². The first-order valence-corrected chi connectivity index (χ1v) is 17.6. The van der Waals surface area contributed by atoms with Crippen molar-refractivity contribution in [3.8, 4) is 0 Å². The summed E-state index contributed by atoms with van der Waals surface area (Å²) in [5, 5.41) is 16.3. The molecule has 4 aromatic carbocycles. The van der Waals surface area contributed by atoms with Crippen molar-refractivity contribution in [2.24, 2.45) is 5.41 Å². The van der Waals surface area contributed by atoms with E-state index < -0.39 is 5.97 Å². The molecule has 0 saturated carbocycles. The number of carbonyl (C=O) groups excluding carboxylic acids is 2. The molecule has 0 aromatic heterocycles. The van der Waals surface area contributed by atoms with Crippen LogP contribution < -0.4 is 10.0 Å². The molecule has 2 aliphatic heterocycles. The van der Waals surface area contributed by atoms with Crippen LogP contribution in [0.2, 0.25) is 0 Å². The van der Waals surface area contributed by atoms with Crippen LogP contribution in [0.25, 0.3) is 21.5 Å². The molecule has 0 fully saturated rings. The standard InChI is InChI=1S/C45H48N2O3/c1-43(2,3)39(48)27-29-46-35-25-23-31-17-13-15-19-33(31)41(35)44(4,5)37(46)21-11-9-8-10-12-22-38-45(6,7)42-34-20-16-14-18-32(34)24-26-36(42)47(38)30-28-40(49)50/h8-26H,27-30H2,1-7H3. The summed E-state index contributed by atoms with van der Waals surface area (Å²) in [7, 11) is 0. The normalized spacial score (nSPS) is 17.7. The monoisotopic (exact) mass is 664 g/mol. The van der Waals surface area contributed by atoms with E-state index in [9.17, 15) is 14.7 Å². The lowest BCUT2D eigenvalue weighted by atomic mass is 9.79. The molecule has 2 heterocycles. The first kappa shape index (κ1) is 34.8. The zero-order valence-electron chi connectivity index (χ0n) is 30.4. The zero-order valence-corrected chi connectivity index (χ0v) is 30.4. The van der Waals surface area contributed by atoms with Gasteiger partial charge in [-0.1, -0.05) is 120 Å². The highest BCUT2D eigenvalue weighted by Crippen LogP contribution is 2.51. The molecule has 0 radical (unpaired) electrons. The highest BCUT2D eigenvalue weighted by molar-refractivity contribution is 6.07. The number of aliphatic carboxylic acids is 1. The molecule has 256 valence electrons. The van der Waals surface area contributed by atoms with E-state index in [1.807, 2.05) is 51.1 Å². The van der Waals surface area contributed by atoms with Crippen molar-refractivity contribution in [3.63, 3.8) is 0 Å². The summed E-state index contributed by atoms with van der Waals surface area (Å²) >= 11 is 0. The summed E-state index contributed by atoms with van der Waals surface area (Å²) in [5.41, 5.74) is 5.99. The fraction of sp³-hybridized carbons (Fsp3) is 0.311. The van der Waals surface area contributed by atoms with Gasteiger partial charge in [0.15, 0.2) is 12.3 Å². The Hall–Kier alpha value is -5.03. The third-order valence-corrected chi connectivity index (χ3v) is 10.4. The van der Waals surface area contributed by atoms with E-state index in [0.717, 1.165) is 11.4 Å². The second-order valence-corrected chi connectivity index (χ2v) is 15.5. The third kappa shape index (κ3) is 6.37. The molecule has 0 bridgehead atoms. The minimum atomic E-state index is -1.05. The molecule has 6 rings (SSSR count). The lowest BCUT2D eigenvalue weighted by Crippen LogP contribution is -2.30. The molecule has 5 nitrogen and oxygen atoms in total. The van der Waals surface area contributed by atoms with Crippen LogP contribution in [0.5, 0.6) is 0 Å². The number of hydrogen-bond donors (Lipinski definition) is 0. The van der Waals surface area contributed by atoms with Gasteiger partial charge in [0, 0.05) is 65.3 Å². The number of ketones is 1. The molecule has 0 N–H and O–H groups in total. The quantitative estimate of drug-likeness (QED) is 0.126. The first-order valence-electron chi connectivity index (χ1n) is 17.6. The summed E-state index contributed by atoms with van der Waals surface area (Å²) in [6.07, 6.45) is 14.9. The lowest BCUT2D eigenvalue weighted by molar-refractivity contribution is -0.439. The summed E-state index contributed by atoms with van der Waals surface area (Å²) in [6, 6.07) is 25.5. The Morgan fingerprint density at radius 3 is 2.00 bits per heavy atom. The maximum Gasteiger partial charge on any atom is 0.210 e. The summed E-state index contributed by atoms with van der Waals surface area (Å²) in [5.74, 6) is -0.799. The van der Waals surface area contributed by atoms with E-state index in [4.69, 9.17) is 0 Å². The number of rotatable bonds is 10. The number of carbonyl (C=O) groups is 2. The fourth-order valence-electron chi connectivity index (χ4n) is 7.83. The van der Waals surface area contributed by atoms with Crippen molar-refractivity contribution in [3.05, 3.63) is 132 Å². The van der Waals surface area contributed by atoms with E-state index in [-0.39, 0.29) is 28.4 Å². The van der Waals surface area contributed by atoms with Crippen LogP contribution in [0.15, 0.2) is 121 Å². The van der Waals surface area contributed by atoms with Gasteiger partial charge in [-0.25, -0.2) is 0 Å². The third-order valence-electron chi connectivity index (χ3n) is 10.4. The van der Waals surface area contributed by atoms with Gasteiger partial charge in [-0.3, -0.25) is 4.79 Å². The number of anilines is 1. The zero-order chi connectivity index (χ0) is 35.8. The number of carboxylic acid groups (broad SMARTS) is 1. The van der Waals surface area contributed by atoms with Crippen molar-refractivity contribution in [2.45, 2.75) is 72.1 Å². The largest absolute Gasteiger partial charge is 0.550 e. The Kier molecular flexibility index (Phi) is 9.30. The molecule has 0 unspecified atom stereocenters. The topological polar surface area (TPSA) is 63.5 Å². The number of Topliss-reactive ketones (excluding diaryl/α,β-unsaturated/α-hetero) is 1. The molecule has 5 heteroatoms. The second-order valence-electron chi connectivity index (χ2n) is 15.5. The maximum absolute atomic E-state index is 13.0. The summed E-state index contributed by atoms with van der Waals surface area (Å²) in [4.78, 5) is 26.8. The number of benzene rings is 4. The number of nitrogens with zero attached hydrogens (tertiary/aromatic N) is 2. The molecular weight excluding hydrogens is 617 g/mol. The Labute approximate surface area is 296 Å². The average molecular weight is 665 g/mol. The Balaban J connectivity index is 1.28. The SMILES string of the molecule is CC(C)(C)C(=O)CCN1/C(=C/C=C/C=C/C=C/C2=[N+](CCC(=O)[O-])c3ccc4ccccc4c3C2(C)C)C(C)(C)c2c1ccc1ccccc21. The van der Waals surface area contributed by atoms with Crippen LogP contribution >= 0.6 is 0 Å². The van der Waals surface area contributed by atoms with Gasteiger partial charge in [-0.05, 0) is 59.2 Å². The number of hydrogen-bond acceptors (Lipinski definition) is 4. The molecule has 0 amide bonds. The minimum Gasteiger partial charge on any atom is -0.550 e. The number of carboxylic acids is 1. The van der Waals surface area contributed by atoms with Gasteiger partial charge >= 0.3 is 0 Å². The highest BCUT2D eigenvalue weighted by Gasteiger charge is 2.45. The van der Waals surface area contributed by atoms with Crippen LogP contribution in [-0.2, 0) is 20.4 Å². The van der Waals surface area contributed by atoms with E-state index in [1.165, 1.54) is 44.1 Å². The van der Waals surface area contributed by atoms with E-state index in [1.54, 1.807) is 0 Å². The van der Waals surface area contributed by atoms with E-state index >= 15 is 0 Å². The van der Waals surface area contributed by atoms with Gasteiger partial charge in [0.1, 0.15) is 5.78 Å². The van der Waals surface area contributed by atoms with Gasteiger partial charge in [0.05, 0.1) is 5.41 Å².